The summed E-state index contributed by atoms with van der Waals surface area (Å²) in [5.41, 5.74) is 0.843. The highest BCUT2D eigenvalue weighted by molar-refractivity contribution is 6.30. The molecule has 0 aliphatic heterocycles. The van der Waals surface area contributed by atoms with Crippen LogP contribution in [0.25, 0.3) is 11.3 Å². The van der Waals surface area contributed by atoms with Gasteiger partial charge in [0.05, 0.1) is 6.20 Å². The van der Waals surface area contributed by atoms with E-state index in [1.807, 2.05) is 26.0 Å². The highest BCUT2D eigenvalue weighted by atomic mass is 35.5. The molecule has 0 radical (unpaired) electrons. The van der Waals surface area contributed by atoms with E-state index >= 15 is 0 Å². The third kappa shape index (κ3) is 5.90. The van der Waals surface area contributed by atoms with Crippen LogP contribution in [0.5, 0.6) is 0 Å². The second-order valence-corrected chi connectivity index (χ2v) is 6.65. The van der Waals surface area contributed by atoms with Gasteiger partial charge in [-0.25, -0.2) is 9.78 Å². The number of hydrogen-bond donors (Lipinski definition) is 2. The van der Waals surface area contributed by atoms with Gasteiger partial charge in [0.1, 0.15) is 6.04 Å². The fourth-order valence-corrected chi connectivity index (χ4v) is 2.48. The summed E-state index contributed by atoms with van der Waals surface area (Å²) in [6.45, 7) is 3.82. The Morgan fingerprint density at radius 3 is 2.56 bits per heavy atom. The van der Waals surface area contributed by atoms with Crippen LogP contribution in [0.2, 0.25) is 5.02 Å². The first-order chi connectivity index (χ1) is 11.8. The Bertz CT molecular complexity index is 725. The topological polar surface area (TPSA) is 92.4 Å². The zero-order chi connectivity index (χ0) is 18.4. The molecule has 0 saturated carbocycles. The van der Waals surface area contributed by atoms with Gasteiger partial charge in [0.15, 0.2) is 11.7 Å². The number of benzene rings is 1. The van der Waals surface area contributed by atoms with Crippen molar-refractivity contribution in [1.29, 1.82) is 0 Å². The predicted molar refractivity (Wildman–Crippen MR) is 94.3 cm³/mol. The maximum atomic E-state index is 12.0. The second-order valence-electron chi connectivity index (χ2n) is 6.21. The number of oxazole rings is 1. The number of aryl methyl sites for hydroxylation is 1. The summed E-state index contributed by atoms with van der Waals surface area (Å²) in [4.78, 5) is 27.3. The van der Waals surface area contributed by atoms with Crippen molar-refractivity contribution in [2.45, 2.75) is 39.2 Å². The van der Waals surface area contributed by atoms with Crippen molar-refractivity contribution in [2.24, 2.45) is 5.92 Å². The van der Waals surface area contributed by atoms with E-state index in [1.54, 1.807) is 18.3 Å². The number of carboxylic acids is 1. The van der Waals surface area contributed by atoms with E-state index in [0.29, 0.717) is 29.5 Å². The highest BCUT2D eigenvalue weighted by Gasteiger charge is 2.21. The molecule has 0 saturated heterocycles. The van der Waals surface area contributed by atoms with Gasteiger partial charge < -0.3 is 14.8 Å². The molecule has 1 amide bonds. The smallest absolute Gasteiger partial charge is 0.326 e. The Morgan fingerprint density at radius 2 is 1.96 bits per heavy atom. The summed E-state index contributed by atoms with van der Waals surface area (Å²) in [6, 6.07) is 6.29. The number of aliphatic carboxylic acids is 1. The number of amides is 1. The van der Waals surface area contributed by atoms with Gasteiger partial charge >= 0.3 is 5.97 Å². The van der Waals surface area contributed by atoms with Gasteiger partial charge in [0.2, 0.25) is 5.91 Å². The molecule has 2 rings (SSSR count). The molecule has 6 nitrogen and oxygen atoms in total. The van der Waals surface area contributed by atoms with Crippen LogP contribution in [0.1, 0.15) is 32.6 Å². The summed E-state index contributed by atoms with van der Waals surface area (Å²) >= 11 is 5.85. The van der Waals surface area contributed by atoms with Crippen molar-refractivity contribution >= 4 is 23.5 Å². The fraction of sp³-hybridized carbons (Fsp3) is 0.389. The highest BCUT2D eigenvalue weighted by Crippen LogP contribution is 2.22. The number of rotatable bonds is 8. The molecule has 2 aromatic rings. The van der Waals surface area contributed by atoms with Crippen molar-refractivity contribution in [2.75, 3.05) is 0 Å². The lowest BCUT2D eigenvalue weighted by Crippen LogP contribution is -2.41. The van der Waals surface area contributed by atoms with E-state index in [4.69, 9.17) is 21.1 Å². The predicted octanol–water partition coefficient (Wildman–Crippen LogP) is 3.54. The molecule has 1 heterocycles. The van der Waals surface area contributed by atoms with Crippen molar-refractivity contribution in [3.63, 3.8) is 0 Å². The number of halogens is 1. The molecule has 1 aromatic carbocycles. The average molecular weight is 365 g/mol. The Labute approximate surface area is 151 Å². The van der Waals surface area contributed by atoms with Gasteiger partial charge in [-0.05, 0) is 36.6 Å². The number of aromatic nitrogens is 1. The summed E-state index contributed by atoms with van der Waals surface area (Å²) in [5, 5.41) is 12.3. The zero-order valence-corrected chi connectivity index (χ0v) is 14.9. The molecule has 0 spiro atoms. The van der Waals surface area contributed by atoms with Crippen molar-refractivity contribution in [3.8, 4) is 11.3 Å². The Balaban J connectivity index is 1.89. The maximum absolute atomic E-state index is 12.0. The second kappa shape index (κ2) is 8.67. The third-order valence-electron chi connectivity index (χ3n) is 3.59. The summed E-state index contributed by atoms with van der Waals surface area (Å²) in [5.74, 6) is -0.163. The summed E-state index contributed by atoms with van der Waals surface area (Å²) < 4.78 is 5.63. The number of carbonyl (C=O) groups is 2. The van der Waals surface area contributed by atoms with Crippen molar-refractivity contribution < 1.29 is 19.1 Å². The average Bonchev–Trinajstić information content (AvgIpc) is 3.01. The monoisotopic (exact) mass is 364 g/mol. The lowest BCUT2D eigenvalue weighted by atomic mass is 10.0. The molecule has 0 bridgehead atoms. The largest absolute Gasteiger partial charge is 0.480 e. The van der Waals surface area contributed by atoms with E-state index in [-0.39, 0.29) is 18.2 Å². The minimum absolute atomic E-state index is 0.114. The van der Waals surface area contributed by atoms with Crippen LogP contribution in [0.3, 0.4) is 0 Å². The Morgan fingerprint density at radius 1 is 1.28 bits per heavy atom. The molecule has 0 aliphatic carbocycles. The SMILES string of the molecule is CC(C)CC(NC(=O)CCc1ncc(-c2ccc(Cl)cc2)o1)C(=O)O. The summed E-state index contributed by atoms with van der Waals surface area (Å²) in [7, 11) is 0. The van der Waals surface area contributed by atoms with Crippen LogP contribution < -0.4 is 5.32 Å². The lowest BCUT2D eigenvalue weighted by Gasteiger charge is -2.16. The van der Waals surface area contributed by atoms with Crippen LogP contribution >= 0.6 is 11.6 Å². The van der Waals surface area contributed by atoms with Crippen molar-refractivity contribution in [3.05, 3.63) is 41.4 Å². The normalized spacial score (nSPS) is 12.2. The van der Waals surface area contributed by atoms with Gasteiger partial charge in [-0.1, -0.05) is 25.4 Å². The summed E-state index contributed by atoms with van der Waals surface area (Å²) in [6.07, 6.45) is 2.39. The van der Waals surface area contributed by atoms with E-state index in [9.17, 15) is 9.59 Å². The number of hydrogen-bond acceptors (Lipinski definition) is 4. The molecule has 7 heteroatoms. The van der Waals surface area contributed by atoms with Gasteiger partial charge in [-0.2, -0.15) is 0 Å². The number of nitrogens with one attached hydrogen (secondary N) is 1. The molecular weight excluding hydrogens is 344 g/mol. The van der Waals surface area contributed by atoms with Crippen LogP contribution in [0.4, 0.5) is 0 Å². The standard InChI is InChI=1S/C18H21ClN2O4/c1-11(2)9-14(18(23)24)21-16(22)7-8-17-20-10-15(25-17)12-3-5-13(19)6-4-12/h3-6,10-11,14H,7-9H2,1-2H3,(H,21,22)(H,23,24). The van der Waals surface area contributed by atoms with E-state index in [0.717, 1.165) is 5.56 Å². The van der Waals surface area contributed by atoms with Gasteiger partial charge in [0, 0.05) is 23.4 Å². The van der Waals surface area contributed by atoms with Crippen molar-refractivity contribution in [1.82, 2.24) is 10.3 Å². The Kier molecular flexibility index (Phi) is 6.58. The third-order valence-corrected chi connectivity index (χ3v) is 3.84. The Hall–Kier alpha value is -2.34. The van der Waals surface area contributed by atoms with E-state index < -0.39 is 12.0 Å². The molecule has 0 fully saturated rings. The van der Waals surface area contributed by atoms with E-state index in [2.05, 4.69) is 10.3 Å². The van der Waals surface area contributed by atoms with E-state index in [1.165, 1.54) is 0 Å². The molecule has 0 aliphatic rings. The quantitative estimate of drug-likeness (QED) is 0.747. The molecule has 2 N–H and O–H groups in total. The minimum atomic E-state index is -1.02. The van der Waals surface area contributed by atoms with Gasteiger partial charge in [0.25, 0.3) is 0 Å². The molecule has 1 aromatic heterocycles. The van der Waals surface area contributed by atoms with Crippen LogP contribution in [-0.2, 0) is 16.0 Å². The van der Waals surface area contributed by atoms with Gasteiger partial charge in [-0.3, -0.25) is 4.79 Å². The molecule has 134 valence electrons. The molecular formula is C18H21ClN2O4. The maximum Gasteiger partial charge on any atom is 0.326 e. The first-order valence-electron chi connectivity index (χ1n) is 8.08. The number of carbonyl (C=O) groups excluding carboxylic acids is 1. The number of nitrogens with zero attached hydrogens (tertiary/aromatic N) is 1. The minimum Gasteiger partial charge on any atom is -0.480 e. The van der Waals surface area contributed by atoms with Crippen LogP contribution in [0.15, 0.2) is 34.9 Å². The zero-order valence-electron chi connectivity index (χ0n) is 14.2. The van der Waals surface area contributed by atoms with Crippen LogP contribution in [-0.4, -0.2) is 28.0 Å². The first kappa shape index (κ1) is 19.0. The number of carboxylic acid groups (broad SMARTS) is 1. The first-order valence-corrected chi connectivity index (χ1v) is 8.45. The molecule has 25 heavy (non-hydrogen) atoms. The molecule has 1 unspecified atom stereocenters. The van der Waals surface area contributed by atoms with Gasteiger partial charge in [-0.15, -0.1) is 0 Å². The lowest BCUT2D eigenvalue weighted by molar-refractivity contribution is -0.142. The molecule has 1 atom stereocenters. The fourth-order valence-electron chi connectivity index (χ4n) is 2.35. The van der Waals surface area contributed by atoms with Crippen LogP contribution in [0, 0.1) is 5.92 Å².